The molecular formula is C30H52O12. The second kappa shape index (κ2) is 20.5. The summed E-state index contributed by atoms with van der Waals surface area (Å²) in [6.45, 7) is 1.09. The Morgan fingerprint density at radius 3 is 2.02 bits per heavy atom. The van der Waals surface area contributed by atoms with Gasteiger partial charge in [0.25, 0.3) is 0 Å². The van der Waals surface area contributed by atoms with E-state index in [0.717, 1.165) is 44.9 Å². The number of rotatable bonds is 19. The number of carbonyl (C=O) groups is 1. The van der Waals surface area contributed by atoms with E-state index in [-0.39, 0.29) is 6.42 Å². The Morgan fingerprint density at radius 1 is 0.714 bits per heavy atom. The van der Waals surface area contributed by atoms with E-state index in [0.29, 0.717) is 6.42 Å². The number of carbonyl (C=O) groups excluding carboxylic acids is 1. The smallest absolute Gasteiger partial charge is 0.305 e. The fourth-order valence-corrected chi connectivity index (χ4v) is 4.88. The zero-order valence-electron chi connectivity index (χ0n) is 24.7. The van der Waals surface area contributed by atoms with Crippen LogP contribution in [0, 0.1) is 0 Å². The van der Waals surface area contributed by atoms with Crippen molar-refractivity contribution in [3.05, 3.63) is 24.3 Å². The van der Waals surface area contributed by atoms with Gasteiger partial charge < -0.3 is 54.7 Å². The number of unbranched alkanes of at least 4 members (excludes halogenated alkanes) is 8. The summed E-state index contributed by atoms with van der Waals surface area (Å²) < 4.78 is 21.2. The van der Waals surface area contributed by atoms with E-state index in [2.05, 4.69) is 31.2 Å². The van der Waals surface area contributed by atoms with Gasteiger partial charge in [-0.15, -0.1) is 0 Å². The molecule has 244 valence electrons. The fraction of sp³-hybridized carbons (Fsp3) is 0.833. The van der Waals surface area contributed by atoms with Crippen molar-refractivity contribution in [2.45, 2.75) is 145 Å². The Hall–Kier alpha value is -1.45. The molecule has 0 aromatic heterocycles. The van der Waals surface area contributed by atoms with Crippen LogP contribution < -0.4 is 0 Å². The van der Waals surface area contributed by atoms with Gasteiger partial charge >= 0.3 is 5.97 Å². The Labute approximate surface area is 248 Å². The van der Waals surface area contributed by atoms with Crippen LogP contribution in [0.4, 0.5) is 0 Å². The van der Waals surface area contributed by atoms with E-state index in [1.807, 2.05) is 0 Å². The molecule has 0 unspecified atom stereocenters. The molecule has 0 aliphatic carbocycles. The number of aliphatic hydroxyl groups excluding tert-OH is 7. The van der Waals surface area contributed by atoms with Crippen LogP contribution in [0.25, 0.3) is 0 Å². The summed E-state index contributed by atoms with van der Waals surface area (Å²) in [6.07, 6.45) is 4.74. The molecule has 12 nitrogen and oxygen atoms in total. The molecular weight excluding hydrogens is 552 g/mol. The predicted molar refractivity (Wildman–Crippen MR) is 152 cm³/mol. The average Bonchev–Trinajstić information content (AvgIpc) is 2.98. The second-order valence-corrected chi connectivity index (χ2v) is 11.0. The molecule has 42 heavy (non-hydrogen) atoms. The molecule has 0 aromatic carbocycles. The van der Waals surface area contributed by atoms with Gasteiger partial charge in [0.15, 0.2) is 12.6 Å². The van der Waals surface area contributed by atoms with Gasteiger partial charge in [0, 0.05) is 6.42 Å². The molecule has 2 heterocycles. The molecule has 2 aliphatic rings. The lowest BCUT2D eigenvalue weighted by atomic mass is 9.97. The van der Waals surface area contributed by atoms with Crippen LogP contribution in [-0.2, 0) is 23.7 Å². The predicted octanol–water partition coefficient (Wildman–Crippen LogP) is 0.967. The van der Waals surface area contributed by atoms with Crippen LogP contribution >= 0.6 is 0 Å². The average molecular weight is 605 g/mol. The highest BCUT2D eigenvalue weighted by molar-refractivity contribution is 5.69. The van der Waals surface area contributed by atoms with Gasteiger partial charge in [0.2, 0.25) is 0 Å². The summed E-state index contributed by atoms with van der Waals surface area (Å²) in [4.78, 5) is 12.2. The molecule has 2 aliphatic heterocycles. The molecule has 0 amide bonds. The van der Waals surface area contributed by atoms with Gasteiger partial charge in [0.05, 0.1) is 6.61 Å². The van der Waals surface area contributed by atoms with Crippen LogP contribution in [0.3, 0.4) is 0 Å². The first-order valence-electron chi connectivity index (χ1n) is 15.3. The van der Waals surface area contributed by atoms with E-state index in [4.69, 9.17) is 18.9 Å². The molecule has 0 radical (unpaired) electrons. The van der Waals surface area contributed by atoms with Gasteiger partial charge in [-0.2, -0.15) is 0 Å². The quantitative estimate of drug-likeness (QED) is 0.0628. The Morgan fingerprint density at radius 2 is 1.36 bits per heavy atom. The Kier molecular flexibility index (Phi) is 17.9. The summed E-state index contributed by atoms with van der Waals surface area (Å²) >= 11 is 0. The Balaban J connectivity index is 1.64. The van der Waals surface area contributed by atoms with Crippen molar-refractivity contribution in [1.82, 2.24) is 0 Å². The van der Waals surface area contributed by atoms with E-state index >= 15 is 0 Å². The van der Waals surface area contributed by atoms with Gasteiger partial charge in [-0.3, -0.25) is 4.79 Å². The zero-order valence-corrected chi connectivity index (χ0v) is 24.7. The van der Waals surface area contributed by atoms with Crippen LogP contribution in [0.2, 0.25) is 0 Å². The molecule has 10 atom stereocenters. The molecule has 12 heteroatoms. The zero-order chi connectivity index (χ0) is 30.9. The molecule has 0 aromatic rings. The molecule has 7 N–H and O–H groups in total. The highest BCUT2D eigenvalue weighted by atomic mass is 16.7. The van der Waals surface area contributed by atoms with E-state index in [1.165, 1.54) is 19.3 Å². The lowest BCUT2D eigenvalue weighted by Crippen LogP contribution is -2.64. The van der Waals surface area contributed by atoms with Crippen molar-refractivity contribution < 1.29 is 59.5 Å². The van der Waals surface area contributed by atoms with Crippen LogP contribution in [0.5, 0.6) is 0 Å². The summed E-state index contributed by atoms with van der Waals surface area (Å²) in [7, 11) is 0. The number of ether oxygens (including phenoxy) is 4. The number of aliphatic hydroxyl groups is 7. The monoisotopic (exact) mass is 604 g/mol. The molecule has 0 spiro atoms. The molecule has 2 rings (SSSR count). The van der Waals surface area contributed by atoms with Gasteiger partial charge in [-0.05, 0) is 38.5 Å². The van der Waals surface area contributed by atoms with Crippen LogP contribution in [0.15, 0.2) is 24.3 Å². The maximum atomic E-state index is 12.2. The van der Waals surface area contributed by atoms with Gasteiger partial charge in [-0.1, -0.05) is 63.3 Å². The topological polar surface area (TPSA) is 196 Å². The SMILES string of the molecule is CCCCC/C=C\C/C=C\CCCCCCCC(=O)OC[C@H]1O[C@@H](O[C@H]2[C@H](O)[C@@H](O)[C@@H](O)O[C@@H]2CO)[C@H](O)[C@@H](O)[C@H]1O. The summed E-state index contributed by atoms with van der Waals surface area (Å²) in [5.41, 5.74) is 0. The summed E-state index contributed by atoms with van der Waals surface area (Å²) in [5.74, 6) is -0.497. The van der Waals surface area contributed by atoms with E-state index < -0.39 is 80.6 Å². The van der Waals surface area contributed by atoms with E-state index in [1.54, 1.807) is 0 Å². The highest BCUT2D eigenvalue weighted by Crippen LogP contribution is 2.29. The van der Waals surface area contributed by atoms with Crippen molar-refractivity contribution in [2.75, 3.05) is 13.2 Å². The summed E-state index contributed by atoms with van der Waals surface area (Å²) in [6, 6.07) is 0. The normalized spacial score (nSPS) is 33.9. The molecule has 0 bridgehead atoms. The summed E-state index contributed by atoms with van der Waals surface area (Å²) in [5, 5.41) is 70.2. The van der Waals surface area contributed by atoms with Crippen molar-refractivity contribution in [2.24, 2.45) is 0 Å². The first-order chi connectivity index (χ1) is 20.2. The third kappa shape index (κ3) is 12.3. The number of esters is 1. The largest absolute Gasteiger partial charge is 0.463 e. The second-order valence-electron chi connectivity index (χ2n) is 11.0. The maximum absolute atomic E-state index is 12.2. The molecule has 0 saturated carbocycles. The fourth-order valence-electron chi connectivity index (χ4n) is 4.88. The standard InChI is InChI=1S/C30H52O12/c1-2-3-4-5-6-7-8-9-10-11-12-13-14-15-16-17-22(32)39-19-21-23(33)24(34)27(37)30(41-21)42-28-20(18-31)40-29(38)26(36)25(28)35/h6-7,9-10,20-21,23-31,33-38H,2-5,8,11-19H2,1H3/b7-6-,10-9-/t20-,21-,23+,24+,25-,26-,27-,28-,29+,30+/m1/s1. The maximum Gasteiger partial charge on any atom is 0.305 e. The van der Waals surface area contributed by atoms with Crippen LogP contribution in [0.1, 0.15) is 84.0 Å². The third-order valence-electron chi connectivity index (χ3n) is 7.54. The van der Waals surface area contributed by atoms with Crippen molar-refractivity contribution in [3.63, 3.8) is 0 Å². The van der Waals surface area contributed by atoms with Gasteiger partial charge in [0.1, 0.15) is 55.4 Å². The third-order valence-corrected chi connectivity index (χ3v) is 7.54. The van der Waals surface area contributed by atoms with Gasteiger partial charge in [-0.25, -0.2) is 0 Å². The number of allylic oxidation sites excluding steroid dienone is 4. The lowest BCUT2D eigenvalue weighted by molar-refractivity contribution is -0.355. The lowest BCUT2D eigenvalue weighted by Gasteiger charge is -2.45. The van der Waals surface area contributed by atoms with Crippen molar-refractivity contribution >= 4 is 5.97 Å². The minimum atomic E-state index is -1.77. The minimum absolute atomic E-state index is 0.183. The van der Waals surface area contributed by atoms with Crippen LogP contribution in [-0.4, -0.2) is 116 Å². The molecule has 2 saturated heterocycles. The molecule has 2 fully saturated rings. The first-order valence-corrected chi connectivity index (χ1v) is 15.3. The highest BCUT2D eigenvalue weighted by Gasteiger charge is 2.50. The Bertz CT molecular complexity index is 790. The first kappa shape index (κ1) is 36.7. The minimum Gasteiger partial charge on any atom is -0.463 e. The number of hydrogen-bond donors (Lipinski definition) is 7. The van der Waals surface area contributed by atoms with Crippen molar-refractivity contribution in [3.8, 4) is 0 Å². The van der Waals surface area contributed by atoms with Crippen molar-refractivity contribution in [1.29, 1.82) is 0 Å². The van der Waals surface area contributed by atoms with E-state index in [9.17, 15) is 40.5 Å². The number of hydrogen-bond acceptors (Lipinski definition) is 12.